The van der Waals surface area contributed by atoms with E-state index in [0.717, 1.165) is 16.8 Å². The standard InChI is InChI=1S/C17H21N5O2/c1-13-9-15(22-7-2-5-20-22)4-3-14(13)10-19-17(24)12-21-8-6-18-16(23)11-21/h2-5,7,9H,6,8,10-12H2,1H3,(H,18,23)(H,19,24). The maximum Gasteiger partial charge on any atom is 0.234 e. The van der Waals surface area contributed by atoms with Crippen molar-refractivity contribution in [3.8, 4) is 5.69 Å². The molecule has 24 heavy (non-hydrogen) atoms. The van der Waals surface area contributed by atoms with Gasteiger partial charge in [-0.3, -0.25) is 14.5 Å². The van der Waals surface area contributed by atoms with Gasteiger partial charge in [0.15, 0.2) is 0 Å². The van der Waals surface area contributed by atoms with Gasteiger partial charge in [-0.1, -0.05) is 6.07 Å². The molecule has 2 heterocycles. The lowest BCUT2D eigenvalue weighted by molar-refractivity contribution is -0.127. The summed E-state index contributed by atoms with van der Waals surface area (Å²) < 4.78 is 1.80. The number of carbonyl (C=O) groups excluding carboxylic acids is 2. The number of aryl methyl sites for hydroxylation is 1. The van der Waals surface area contributed by atoms with Gasteiger partial charge in [-0.2, -0.15) is 5.10 Å². The van der Waals surface area contributed by atoms with Crippen molar-refractivity contribution in [2.45, 2.75) is 13.5 Å². The van der Waals surface area contributed by atoms with Crippen LogP contribution in [-0.4, -0.2) is 52.7 Å². The first-order chi connectivity index (χ1) is 11.6. The molecule has 1 aromatic carbocycles. The Bertz CT molecular complexity index is 727. The molecule has 7 heteroatoms. The van der Waals surface area contributed by atoms with E-state index in [4.69, 9.17) is 0 Å². The third kappa shape index (κ3) is 3.99. The van der Waals surface area contributed by atoms with Crippen LogP contribution in [0.15, 0.2) is 36.7 Å². The van der Waals surface area contributed by atoms with Crippen LogP contribution in [0.25, 0.3) is 5.69 Å². The summed E-state index contributed by atoms with van der Waals surface area (Å²) in [6.07, 6.45) is 3.63. The number of carbonyl (C=O) groups is 2. The monoisotopic (exact) mass is 327 g/mol. The van der Waals surface area contributed by atoms with Crippen LogP contribution in [0, 0.1) is 6.92 Å². The molecule has 1 aromatic heterocycles. The second kappa shape index (κ2) is 7.27. The molecule has 0 aliphatic carbocycles. The van der Waals surface area contributed by atoms with Crippen molar-refractivity contribution in [3.05, 3.63) is 47.8 Å². The van der Waals surface area contributed by atoms with Crippen molar-refractivity contribution < 1.29 is 9.59 Å². The van der Waals surface area contributed by atoms with Crippen LogP contribution in [-0.2, 0) is 16.1 Å². The predicted molar refractivity (Wildman–Crippen MR) is 89.6 cm³/mol. The zero-order chi connectivity index (χ0) is 16.9. The number of benzene rings is 1. The average molecular weight is 327 g/mol. The van der Waals surface area contributed by atoms with Gasteiger partial charge < -0.3 is 10.6 Å². The summed E-state index contributed by atoms with van der Waals surface area (Å²) in [4.78, 5) is 25.2. The normalized spacial score (nSPS) is 15.1. The van der Waals surface area contributed by atoms with Crippen molar-refractivity contribution in [3.63, 3.8) is 0 Å². The van der Waals surface area contributed by atoms with Crippen LogP contribution in [0.1, 0.15) is 11.1 Å². The Labute approximate surface area is 140 Å². The fourth-order valence-electron chi connectivity index (χ4n) is 2.72. The zero-order valence-corrected chi connectivity index (χ0v) is 13.7. The molecule has 0 radical (unpaired) electrons. The van der Waals surface area contributed by atoms with Gasteiger partial charge >= 0.3 is 0 Å². The van der Waals surface area contributed by atoms with Gasteiger partial charge in [0.25, 0.3) is 0 Å². The zero-order valence-electron chi connectivity index (χ0n) is 13.7. The molecule has 1 aliphatic heterocycles. The van der Waals surface area contributed by atoms with E-state index in [1.807, 2.05) is 42.3 Å². The fraction of sp³-hybridized carbons (Fsp3) is 0.353. The maximum atomic E-state index is 12.1. The van der Waals surface area contributed by atoms with E-state index in [-0.39, 0.29) is 24.9 Å². The molecule has 7 nitrogen and oxygen atoms in total. The Hall–Kier alpha value is -2.67. The fourth-order valence-corrected chi connectivity index (χ4v) is 2.72. The van der Waals surface area contributed by atoms with Gasteiger partial charge in [0.05, 0.1) is 18.8 Å². The maximum absolute atomic E-state index is 12.1. The van der Waals surface area contributed by atoms with Crippen LogP contribution >= 0.6 is 0 Å². The summed E-state index contributed by atoms with van der Waals surface area (Å²) in [5.41, 5.74) is 3.16. The van der Waals surface area contributed by atoms with Crippen molar-refractivity contribution in [1.29, 1.82) is 0 Å². The van der Waals surface area contributed by atoms with Crippen LogP contribution in [0.2, 0.25) is 0 Å². The molecule has 0 spiro atoms. The summed E-state index contributed by atoms with van der Waals surface area (Å²) in [5.74, 6) is -0.0978. The van der Waals surface area contributed by atoms with Crippen molar-refractivity contribution >= 4 is 11.8 Å². The van der Waals surface area contributed by atoms with E-state index in [1.165, 1.54) is 0 Å². The molecule has 0 saturated carbocycles. The number of nitrogens with zero attached hydrogens (tertiary/aromatic N) is 3. The van der Waals surface area contributed by atoms with E-state index in [9.17, 15) is 9.59 Å². The number of amides is 2. The molecular formula is C17H21N5O2. The number of rotatable bonds is 5. The van der Waals surface area contributed by atoms with Gasteiger partial charge in [-0.15, -0.1) is 0 Å². The minimum absolute atomic E-state index is 0.0286. The third-order valence-electron chi connectivity index (χ3n) is 4.06. The second-order valence-corrected chi connectivity index (χ2v) is 5.90. The summed E-state index contributed by atoms with van der Waals surface area (Å²) in [6.45, 7) is 4.33. The number of hydrogen-bond donors (Lipinski definition) is 2. The molecule has 1 saturated heterocycles. The minimum Gasteiger partial charge on any atom is -0.354 e. The van der Waals surface area contributed by atoms with E-state index >= 15 is 0 Å². The quantitative estimate of drug-likeness (QED) is 0.824. The highest BCUT2D eigenvalue weighted by Crippen LogP contribution is 2.14. The number of piperazine rings is 1. The molecule has 0 bridgehead atoms. The predicted octanol–water partition coefficient (Wildman–Crippen LogP) is 0.229. The largest absolute Gasteiger partial charge is 0.354 e. The smallest absolute Gasteiger partial charge is 0.234 e. The van der Waals surface area contributed by atoms with Crippen molar-refractivity contribution in [2.75, 3.05) is 26.2 Å². The van der Waals surface area contributed by atoms with Crippen LogP contribution in [0.4, 0.5) is 0 Å². The third-order valence-corrected chi connectivity index (χ3v) is 4.06. The molecule has 2 amide bonds. The Kier molecular flexibility index (Phi) is 4.90. The summed E-state index contributed by atoms with van der Waals surface area (Å²) >= 11 is 0. The van der Waals surface area contributed by atoms with E-state index in [2.05, 4.69) is 15.7 Å². The first-order valence-corrected chi connectivity index (χ1v) is 7.97. The average Bonchev–Trinajstić information content (AvgIpc) is 3.08. The van der Waals surface area contributed by atoms with Crippen molar-refractivity contribution in [2.24, 2.45) is 0 Å². The van der Waals surface area contributed by atoms with Crippen LogP contribution < -0.4 is 10.6 Å². The Morgan fingerprint density at radius 1 is 1.42 bits per heavy atom. The van der Waals surface area contributed by atoms with Gasteiger partial charge in [0.2, 0.25) is 11.8 Å². The Morgan fingerprint density at radius 3 is 3.00 bits per heavy atom. The molecular weight excluding hydrogens is 306 g/mol. The minimum atomic E-state index is -0.0692. The molecule has 126 valence electrons. The SMILES string of the molecule is Cc1cc(-n2cccn2)ccc1CNC(=O)CN1CCNC(=O)C1. The van der Waals surface area contributed by atoms with E-state index < -0.39 is 0 Å². The molecule has 2 N–H and O–H groups in total. The summed E-state index contributed by atoms with van der Waals surface area (Å²) in [5, 5.41) is 9.88. The highest BCUT2D eigenvalue weighted by molar-refractivity contribution is 5.81. The Morgan fingerprint density at radius 2 is 2.29 bits per heavy atom. The summed E-state index contributed by atoms with van der Waals surface area (Å²) in [7, 11) is 0. The number of aromatic nitrogens is 2. The lowest BCUT2D eigenvalue weighted by atomic mass is 10.1. The van der Waals surface area contributed by atoms with E-state index in [0.29, 0.717) is 19.6 Å². The second-order valence-electron chi connectivity index (χ2n) is 5.90. The first kappa shape index (κ1) is 16.2. The first-order valence-electron chi connectivity index (χ1n) is 7.97. The van der Waals surface area contributed by atoms with E-state index in [1.54, 1.807) is 10.9 Å². The summed E-state index contributed by atoms with van der Waals surface area (Å²) in [6, 6.07) is 7.91. The van der Waals surface area contributed by atoms with Gasteiger partial charge in [0, 0.05) is 32.0 Å². The lowest BCUT2D eigenvalue weighted by Crippen LogP contribution is -2.50. The molecule has 2 aromatic rings. The van der Waals surface area contributed by atoms with Crippen LogP contribution in [0.5, 0.6) is 0 Å². The Balaban J connectivity index is 1.54. The number of hydrogen-bond acceptors (Lipinski definition) is 4. The molecule has 1 aliphatic rings. The van der Waals surface area contributed by atoms with Crippen molar-refractivity contribution in [1.82, 2.24) is 25.3 Å². The van der Waals surface area contributed by atoms with Gasteiger partial charge in [-0.25, -0.2) is 4.68 Å². The highest BCUT2D eigenvalue weighted by atomic mass is 16.2. The highest BCUT2D eigenvalue weighted by Gasteiger charge is 2.18. The van der Waals surface area contributed by atoms with Crippen LogP contribution in [0.3, 0.4) is 0 Å². The molecule has 3 rings (SSSR count). The topological polar surface area (TPSA) is 79.3 Å². The van der Waals surface area contributed by atoms with Gasteiger partial charge in [0.1, 0.15) is 0 Å². The number of nitrogens with one attached hydrogen (secondary N) is 2. The molecule has 1 fully saturated rings. The molecule has 0 unspecified atom stereocenters. The lowest BCUT2D eigenvalue weighted by Gasteiger charge is -2.25. The van der Waals surface area contributed by atoms with Gasteiger partial charge in [-0.05, 0) is 36.2 Å². The molecule has 0 atom stereocenters.